The van der Waals surface area contributed by atoms with Crippen LogP contribution in [0.3, 0.4) is 0 Å². The molecule has 114 valence electrons. The van der Waals surface area contributed by atoms with Crippen LogP contribution in [-0.4, -0.2) is 17.8 Å². The van der Waals surface area contributed by atoms with E-state index in [0.29, 0.717) is 21.8 Å². The van der Waals surface area contributed by atoms with Gasteiger partial charge in [0.1, 0.15) is 10.8 Å². The van der Waals surface area contributed by atoms with E-state index in [-0.39, 0.29) is 22.2 Å². The molecule has 0 radical (unpaired) electrons. The molecule has 5 nitrogen and oxygen atoms in total. The first kappa shape index (κ1) is 15.3. The number of halogens is 2. The summed E-state index contributed by atoms with van der Waals surface area (Å²) in [7, 11) is 0. The van der Waals surface area contributed by atoms with E-state index in [0.717, 1.165) is 0 Å². The molecule has 1 aromatic heterocycles. The molecule has 2 aromatic rings. The molecule has 1 atom stereocenters. The summed E-state index contributed by atoms with van der Waals surface area (Å²) in [6, 6.07) is 5.12. The van der Waals surface area contributed by atoms with E-state index in [1.807, 2.05) is 5.43 Å². The summed E-state index contributed by atoms with van der Waals surface area (Å²) in [5.41, 5.74) is 2.98. The molecule has 3 N–H and O–H groups in total. The van der Waals surface area contributed by atoms with Gasteiger partial charge in [0.2, 0.25) is 5.78 Å². The summed E-state index contributed by atoms with van der Waals surface area (Å²) >= 11 is 13.7. The van der Waals surface area contributed by atoms with Crippen molar-refractivity contribution in [2.24, 2.45) is 5.84 Å². The zero-order valence-electron chi connectivity index (χ0n) is 11.1. The van der Waals surface area contributed by atoms with Crippen LogP contribution in [0.4, 0.5) is 0 Å². The molecule has 0 saturated heterocycles. The number of hydrogen-bond acceptors (Lipinski definition) is 5. The van der Waals surface area contributed by atoms with Crippen molar-refractivity contribution in [1.82, 2.24) is 5.43 Å². The van der Waals surface area contributed by atoms with E-state index < -0.39 is 12.0 Å². The van der Waals surface area contributed by atoms with Gasteiger partial charge in [-0.25, -0.2) is 5.84 Å². The molecule has 1 unspecified atom stereocenters. The lowest BCUT2D eigenvalue weighted by Crippen LogP contribution is -2.41. The van der Waals surface area contributed by atoms with Crippen molar-refractivity contribution in [2.75, 3.05) is 0 Å². The number of rotatable bonds is 3. The van der Waals surface area contributed by atoms with E-state index in [1.54, 1.807) is 23.6 Å². The summed E-state index contributed by atoms with van der Waals surface area (Å²) < 4.78 is 5.48. The van der Waals surface area contributed by atoms with Crippen LogP contribution >= 0.6 is 34.5 Å². The van der Waals surface area contributed by atoms with Crippen LogP contribution in [0.1, 0.15) is 20.8 Å². The number of amides is 1. The fraction of sp³-hybridized carbons (Fsp3) is 0.143. The highest BCUT2D eigenvalue weighted by atomic mass is 35.5. The molecule has 1 aliphatic rings. The maximum absolute atomic E-state index is 12.5. The summed E-state index contributed by atoms with van der Waals surface area (Å²) in [5, 5.41) is 2.06. The number of nitrogens with one attached hydrogen (secondary N) is 1. The Morgan fingerprint density at radius 2 is 2.14 bits per heavy atom. The van der Waals surface area contributed by atoms with Gasteiger partial charge < -0.3 is 4.74 Å². The Morgan fingerprint density at radius 1 is 1.36 bits per heavy atom. The van der Waals surface area contributed by atoms with Gasteiger partial charge in [0.05, 0.1) is 9.90 Å². The maximum Gasteiger partial charge on any atom is 0.275 e. The van der Waals surface area contributed by atoms with Gasteiger partial charge in [-0.05, 0) is 17.5 Å². The summed E-state index contributed by atoms with van der Waals surface area (Å²) in [4.78, 5) is 24.6. The fourth-order valence-electron chi connectivity index (χ4n) is 2.27. The van der Waals surface area contributed by atoms with Crippen molar-refractivity contribution in [3.05, 3.63) is 49.6 Å². The molecule has 2 heterocycles. The van der Waals surface area contributed by atoms with E-state index in [1.165, 1.54) is 11.3 Å². The van der Waals surface area contributed by atoms with Gasteiger partial charge in [0, 0.05) is 17.5 Å². The number of fused-ring (bicyclic) bond motifs is 1. The Hall–Kier alpha value is -1.60. The molecule has 22 heavy (non-hydrogen) atoms. The lowest BCUT2D eigenvalue weighted by Gasteiger charge is -2.10. The predicted molar refractivity (Wildman–Crippen MR) is 84.7 cm³/mol. The van der Waals surface area contributed by atoms with Gasteiger partial charge in [0.25, 0.3) is 5.91 Å². The third kappa shape index (κ3) is 2.48. The Kier molecular flexibility index (Phi) is 4.10. The smallest absolute Gasteiger partial charge is 0.275 e. The zero-order valence-corrected chi connectivity index (χ0v) is 13.4. The van der Waals surface area contributed by atoms with Crippen LogP contribution in [0.5, 0.6) is 5.75 Å². The summed E-state index contributed by atoms with van der Waals surface area (Å²) in [6.45, 7) is 0. The first-order valence-electron chi connectivity index (χ1n) is 6.29. The molecule has 0 fully saturated rings. The van der Waals surface area contributed by atoms with Crippen LogP contribution in [0.2, 0.25) is 10.0 Å². The molecular formula is C14H10Cl2N2O3S. The lowest BCUT2D eigenvalue weighted by atomic mass is 10.0. The van der Waals surface area contributed by atoms with Crippen molar-refractivity contribution in [2.45, 2.75) is 12.5 Å². The number of hydrogen-bond donors (Lipinski definition) is 2. The third-order valence-corrected chi connectivity index (χ3v) is 5.05. The quantitative estimate of drug-likeness (QED) is 0.383. The van der Waals surface area contributed by atoms with Gasteiger partial charge >= 0.3 is 0 Å². The highest BCUT2D eigenvalue weighted by Crippen LogP contribution is 2.43. The third-order valence-electron chi connectivity index (χ3n) is 3.33. The molecular weight excluding hydrogens is 347 g/mol. The van der Waals surface area contributed by atoms with Crippen LogP contribution < -0.4 is 16.0 Å². The maximum atomic E-state index is 12.5. The first-order chi connectivity index (χ1) is 10.5. The molecule has 1 aromatic carbocycles. The number of ether oxygens (including phenoxy) is 1. The van der Waals surface area contributed by atoms with Crippen molar-refractivity contribution < 1.29 is 14.3 Å². The average molecular weight is 357 g/mol. The Morgan fingerprint density at radius 3 is 2.77 bits per heavy atom. The monoisotopic (exact) mass is 356 g/mol. The number of ketones is 1. The molecule has 0 aliphatic carbocycles. The number of thiophene rings is 1. The average Bonchev–Trinajstić information content (AvgIpc) is 3.18. The van der Waals surface area contributed by atoms with Gasteiger partial charge in [-0.3, -0.25) is 15.0 Å². The summed E-state index contributed by atoms with van der Waals surface area (Å²) in [5.74, 6) is 4.75. The van der Waals surface area contributed by atoms with Crippen LogP contribution in [0.25, 0.3) is 0 Å². The number of hydrazine groups is 1. The molecule has 3 rings (SSSR count). The second-order valence-corrected chi connectivity index (χ2v) is 6.37. The zero-order chi connectivity index (χ0) is 15.9. The molecule has 1 amide bonds. The van der Waals surface area contributed by atoms with Crippen molar-refractivity contribution in [3.8, 4) is 5.75 Å². The molecule has 0 spiro atoms. The SMILES string of the molecule is NNC(=O)C1Cc2cc(C(=O)c3cccs3)c(Cl)c(Cl)c2O1. The van der Waals surface area contributed by atoms with E-state index in [4.69, 9.17) is 33.8 Å². The van der Waals surface area contributed by atoms with E-state index in [2.05, 4.69) is 0 Å². The van der Waals surface area contributed by atoms with Crippen molar-refractivity contribution in [1.29, 1.82) is 0 Å². The van der Waals surface area contributed by atoms with Crippen molar-refractivity contribution in [3.63, 3.8) is 0 Å². The predicted octanol–water partition coefficient (Wildman–Crippen LogP) is 2.58. The second-order valence-electron chi connectivity index (χ2n) is 4.67. The molecule has 0 bridgehead atoms. The highest BCUT2D eigenvalue weighted by Gasteiger charge is 2.33. The molecule has 1 aliphatic heterocycles. The van der Waals surface area contributed by atoms with E-state index >= 15 is 0 Å². The fourth-order valence-corrected chi connectivity index (χ4v) is 3.44. The largest absolute Gasteiger partial charge is 0.478 e. The standard InChI is InChI=1S/C14H10Cl2N2O3S/c15-10-7(12(19)9-2-1-3-22-9)4-6-5-8(14(20)18-17)21-13(6)11(10)16/h1-4,8H,5,17H2,(H,18,20). The van der Waals surface area contributed by atoms with E-state index in [9.17, 15) is 9.59 Å². The minimum Gasteiger partial charge on any atom is -0.478 e. The highest BCUT2D eigenvalue weighted by molar-refractivity contribution is 7.12. The Bertz CT molecular complexity index is 762. The minimum atomic E-state index is -0.777. The van der Waals surface area contributed by atoms with Crippen LogP contribution in [-0.2, 0) is 11.2 Å². The molecule has 8 heteroatoms. The normalized spacial score (nSPS) is 16.0. The number of carbonyl (C=O) groups is 2. The van der Waals surface area contributed by atoms with Gasteiger partial charge in [-0.2, -0.15) is 0 Å². The van der Waals surface area contributed by atoms with Crippen LogP contribution in [0, 0.1) is 0 Å². The number of benzene rings is 1. The first-order valence-corrected chi connectivity index (χ1v) is 7.92. The topological polar surface area (TPSA) is 81.4 Å². The van der Waals surface area contributed by atoms with Crippen molar-refractivity contribution >= 4 is 46.2 Å². The van der Waals surface area contributed by atoms with Crippen LogP contribution in [0.15, 0.2) is 23.6 Å². The lowest BCUT2D eigenvalue weighted by molar-refractivity contribution is -0.127. The Balaban J connectivity index is 2.02. The number of carbonyl (C=O) groups excluding carboxylic acids is 2. The Labute approximate surface area is 139 Å². The van der Waals surface area contributed by atoms with Gasteiger partial charge in [0.15, 0.2) is 6.10 Å². The molecule has 0 saturated carbocycles. The number of nitrogens with two attached hydrogens (primary N) is 1. The minimum absolute atomic E-state index is 0.118. The van der Waals surface area contributed by atoms with Gasteiger partial charge in [-0.1, -0.05) is 29.3 Å². The summed E-state index contributed by atoms with van der Waals surface area (Å²) in [6.07, 6.45) is -0.499. The second kappa shape index (κ2) is 5.89. The van der Waals surface area contributed by atoms with Gasteiger partial charge in [-0.15, -0.1) is 11.3 Å².